The number of urea groups is 1. The van der Waals surface area contributed by atoms with E-state index in [9.17, 15) is 9.59 Å². The van der Waals surface area contributed by atoms with Crippen molar-refractivity contribution >= 4 is 12.0 Å². The summed E-state index contributed by atoms with van der Waals surface area (Å²) >= 11 is 0. The van der Waals surface area contributed by atoms with Crippen LogP contribution < -0.4 is 10.6 Å². The molecule has 1 fully saturated rings. The minimum Gasteiger partial charge on any atom is -0.476 e. The summed E-state index contributed by atoms with van der Waals surface area (Å²) in [5.41, 5.74) is 0.00870. The fourth-order valence-corrected chi connectivity index (χ4v) is 2.47. The van der Waals surface area contributed by atoms with Crippen molar-refractivity contribution < 1.29 is 14.7 Å². The molecule has 0 bridgehead atoms. The summed E-state index contributed by atoms with van der Waals surface area (Å²) in [5, 5.41) is 14.5. The van der Waals surface area contributed by atoms with Gasteiger partial charge in [-0.3, -0.25) is 0 Å². The second-order valence-electron chi connectivity index (χ2n) is 5.32. The number of carbonyl (C=O) groups excluding carboxylic acids is 1. The van der Waals surface area contributed by atoms with Gasteiger partial charge in [0.25, 0.3) is 0 Å². The number of imidazole rings is 1. The molecule has 1 aliphatic carbocycles. The van der Waals surface area contributed by atoms with E-state index in [-0.39, 0.29) is 17.8 Å². The summed E-state index contributed by atoms with van der Waals surface area (Å²) in [4.78, 5) is 26.1. The Labute approximate surface area is 117 Å². The van der Waals surface area contributed by atoms with Crippen LogP contribution in [0.25, 0.3) is 0 Å². The topological polar surface area (TPSA) is 96.3 Å². The van der Waals surface area contributed by atoms with Gasteiger partial charge >= 0.3 is 12.0 Å². The molecule has 1 aliphatic rings. The molecule has 2 amide bonds. The third-order valence-electron chi connectivity index (χ3n) is 3.54. The summed E-state index contributed by atoms with van der Waals surface area (Å²) in [6, 6.07) is 0.111. The van der Waals surface area contributed by atoms with Crippen molar-refractivity contribution in [3.05, 3.63) is 18.2 Å². The lowest BCUT2D eigenvalue weighted by atomic mass is 10.1. The van der Waals surface area contributed by atoms with Crippen LogP contribution in [0.5, 0.6) is 0 Å². The van der Waals surface area contributed by atoms with Crippen molar-refractivity contribution in [1.29, 1.82) is 0 Å². The van der Waals surface area contributed by atoms with Gasteiger partial charge in [-0.1, -0.05) is 6.92 Å². The zero-order valence-electron chi connectivity index (χ0n) is 11.5. The smallest absolute Gasteiger partial charge is 0.356 e. The van der Waals surface area contributed by atoms with Gasteiger partial charge in [0.15, 0.2) is 5.69 Å². The first-order valence-electron chi connectivity index (χ1n) is 6.84. The maximum atomic E-state index is 11.7. The van der Waals surface area contributed by atoms with E-state index in [1.54, 1.807) is 4.57 Å². The first kappa shape index (κ1) is 14.4. The molecule has 0 radical (unpaired) electrons. The number of aromatic nitrogens is 2. The number of nitrogens with zero attached hydrogens (tertiary/aromatic N) is 2. The first-order chi connectivity index (χ1) is 9.54. The number of rotatable bonds is 5. The molecule has 2 rings (SSSR count). The van der Waals surface area contributed by atoms with Crippen LogP contribution in [0, 0.1) is 5.92 Å². The van der Waals surface area contributed by atoms with Crippen molar-refractivity contribution in [2.24, 2.45) is 5.92 Å². The molecule has 2 atom stereocenters. The lowest BCUT2D eigenvalue weighted by Crippen LogP contribution is -2.42. The summed E-state index contributed by atoms with van der Waals surface area (Å²) in [7, 11) is 0. The molecule has 1 saturated carbocycles. The summed E-state index contributed by atoms with van der Waals surface area (Å²) in [5.74, 6) is -0.370. The van der Waals surface area contributed by atoms with E-state index in [1.165, 1.54) is 12.5 Å². The predicted molar refractivity (Wildman–Crippen MR) is 72.5 cm³/mol. The molecule has 0 aromatic carbocycles. The Bertz CT molecular complexity index is 486. The van der Waals surface area contributed by atoms with Crippen LogP contribution in [-0.4, -0.2) is 39.2 Å². The molecular weight excluding hydrogens is 260 g/mol. The highest BCUT2D eigenvalue weighted by Crippen LogP contribution is 2.24. The Kier molecular flexibility index (Phi) is 4.60. The van der Waals surface area contributed by atoms with E-state index in [0.717, 1.165) is 19.3 Å². The van der Waals surface area contributed by atoms with Gasteiger partial charge in [-0.15, -0.1) is 0 Å². The Morgan fingerprint density at radius 1 is 1.50 bits per heavy atom. The average molecular weight is 280 g/mol. The maximum Gasteiger partial charge on any atom is 0.356 e. The van der Waals surface area contributed by atoms with E-state index in [1.807, 2.05) is 0 Å². The Balaban J connectivity index is 1.67. The molecule has 0 aliphatic heterocycles. The van der Waals surface area contributed by atoms with E-state index < -0.39 is 5.97 Å². The monoisotopic (exact) mass is 280 g/mol. The van der Waals surface area contributed by atoms with Crippen LogP contribution in [0.4, 0.5) is 4.79 Å². The normalized spacial score (nSPS) is 21.6. The lowest BCUT2D eigenvalue weighted by molar-refractivity contribution is 0.0691. The number of carboxylic acids is 1. The summed E-state index contributed by atoms with van der Waals surface area (Å²) in [6.45, 7) is 3.12. The standard InChI is InChI=1S/C13H20N4O3/c1-9-2-3-10(6-9)16-13(20)14-4-5-17-7-11(12(18)19)15-8-17/h7-10H,2-6H2,1H3,(H,18,19)(H2,14,16,20). The number of nitrogens with one attached hydrogen (secondary N) is 2. The molecule has 7 nitrogen and oxygen atoms in total. The summed E-state index contributed by atoms with van der Waals surface area (Å²) in [6.07, 6.45) is 6.13. The third-order valence-corrected chi connectivity index (χ3v) is 3.54. The molecule has 7 heteroatoms. The maximum absolute atomic E-state index is 11.7. The van der Waals surface area contributed by atoms with Gasteiger partial charge in [-0.25, -0.2) is 14.6 Å². The van der Waals surface area contributed by atoms with Crippen LogP contribution in [0.2, 0.25) is 0 Å². The minimum atomic E-state index is -1.05. The zero-order chi connectivity index (χ0) is 14.5. The highest BCUT2D eigenvalue weighted by atomic mass is 16.4. The largest absolute Gasteiger partial charge is 0.476 e. The Morgan fingerprint density at radius 2 is 2.30 bits per heavy atom. The van der Waals surface area contributed by atoms with Crippen LogP contribution in [-0.2, 0) is 6.54 Å². The fraction of sp³-hybridized carbons (Fsp3) is 0.615. The van der Waals surface area contributed by atoms with Gasteiger partial charge in [0.1, 0.15) is 0 Å². The van der Waals surface area contributed by atoms with E-state index in [2.05, 4.69) is 22.5 Å². The van der Waals surface area contributed by atoms with Gasteiger partial charge in [-0.05, 0) is 25.2 Å². The summed E-state index contributed by atoms with van der Waals surface area (Å²) < 4.78 is 1.64. The molecule has 0 saturated heterocycles. The van der Waals surface area contributed by atoms with Gasteiger partial charge < -0.3 is 20.3 Å². The van der Waals surface area contributed by atoms with Crippen LogP contribution in [0.15, 0.2) is 12.5 Å². The fourth-order valence-electron chi connectivity index (χ4n) is 2.47. The third kappa shape index (κ3) is 3.97. The van der Waals surface area contributed by atoms with Crippen LogP contribution in [0.1, 0.15) is 36.7 Å². The number of amides is 2. The number of carbonyl (C=O) groups is 2. The SMILES string of the molecule is CC1CCC(NC(=O)NCCn2cnc(C(=O)O)c2)C1. The quantitative estimate of drug-likeness (QED) is 0.751. The molecule has 1 heterocycles. The van der Waals surface area contributed by atoms with Crippen LogP contribution >= 0.6 is 0 Å². The van der Waals surface area contributed by atoms with Crippen molar-refractivity contribution in [2.75, 3.05) is 6.54 Å². The molecule has 110 valence electrons. The second kappa shape index (κ2) is 6.40. The zero-order valence-corrected chi connectivity index (χ0v) is 11.5. The van der Waals surface area contributed by atoms with E-state index >= 15 is 0 Å². The van der Waals surface area contributed by atoms with E-state index in [0.29, 0.717) is 19.0 Å². The highest BCUT2D eigenvalue weighted by Gasteiger charge is 2.22. The molecule has 1 aromatic rings. The molecule has 1 aromatic heterocycles. The highest BCUT2D eigenvalue weighted by molar-refractivity contribution is 5.84. The Morgan fingerprint density at radius 3 is 2.90 bits per heavy atom. The molecule has 3 N–H and O–H groups in total. The molecular formula is C13H20N4O3. The van der Waals surface area contributed by atoms with Gasteiger partial charge in [0.2, 0.25) is 0 Å². The van der Waals surface area contributed by atoms with Gasteiger partial charge in [-0.2, -0.15) is 0 Å². The van der Waals surface area contributed by atoms with Crippen molar-refractivity contribution in [1.82, 2.24) is 20.2 Å². The molecule has 0 spiro atoms. The van der Waals surface area contributed by atoms with Gasteiger partial charge in [0.05, 0.1) is 6.33 Å². The average Bonchev–Trinajstić information content (AvgIpc) is 2.99. The predicted octanol–water partition coefficient (Wildman–Crippen LogP) is 1.07. The van der Waals surface area contributed by atoms with Gasteiger partial charge in [0, 0.05) is 25.3 Å². The second-order valence-corrected chi connectivity index (χ2v) is 5.32. The molecule has 20 heavy (non-hydrogen) atoms. The van der Waals surface area contributed by atoms with E-state index in [4.69, 9.17) is 5.11 Å². The number of carboxylic acid groups (broad SMARTS) is 1. The number of hydrogen-bond donors (Lipinski definition) is 3. The number of hydrogen-bond acceptors (Lipinski definition) is 3. The Hall–Kier alpha value is -2.05. The number of aromatic carboxylic acids is 1. The van der Waals surface area contributed by atoms with Crippen molar-refractivity contribution in [3.8, 4) is 0 Å². The lowest BCUT2D eigenvalue weighted by Gasteiger charge is -2.13. The van der Waals surface area contributed by atoms with Crippen molar-refractivity contribution in [3.63, 3.8) is 0 Å². The van der Waals surface area contributed by atoms with Crippen LogP contribution in [0.3, 0.4) is 0 Å². The van der Waals surface area contributed by atoms with Crippen molar-refractivity contribution in [2.45, 2.75) is 38.8 Å². The minimum absolute atomic E-state index is 0.00870. The first-order valence-corrected chi connectivity index (χ1v) is 6.84. The molecule has 2 unspecified atom stereocenters.